The maximum absolute atomic E-state index is 11.4. The number of benzene rings is 1. The molecule has 0 aliphatic carbocycles. The molecular formula is C15H23NO2S. The fourth-order valence-corrected chi connectivity index (χ4v) is 4.08. The van der Waals surface area contributed by atoms with E-state index in [-0.39, 0.29) is 0 Å². The summed E-state index contributed by atoms with van der Waals surface area (Å²) in [5.74, 6) is 0.657. The Balaban J connectivity index is 1.98. The minimum atomic E-state index is -2.77. The van der Waals surface area contributed by atoms with E-state index >= 15 is 0 Å². The zero-order valence-corrected chi connectivity index (χ0v) is 12.5. The summed E-state index contributed by atoms with van der Waals surface area (Å²) in [4.78, 5) is 0. The molecule has 0 bridgehead atoms. The summed E-state index contributed by atoms with van der Waals surface area (Å²) in [7, 11) is -2.77. The maximum atomic E-state index is 11.4. The van der Waals surface area contributed by atoms with Crippen LogP contribution in [0.3, 0.4) is 0 Å². The Kier molecular flexibility index (Phi) is 4.63. The Morgan fingerprint density at radius 2 is 1.79 bits per heavy atom. The molecule has 1 aromatic rings. The summed E-state index contributed by atoms with van der Waals surface area (Å²) in [6.45, 7) is 4.25. The zero-order chi connectivity index (χ0) is 13.9. The lowest BCUT2D eigenvalue weighted by Gasteiger charge is -2.28. The molecule has 106 valence electrons. The van der Waals surface area contributed by atoms with Gasteiger partial charge in [-0.15, -0.1) is 0 Å². The van der Waals surface area contributed by atoms with Gasteiger partial charge in [-0.25, -0.2) is 8.42 Å². The van der Waals surface area contributed by atoms with Crippen LogP contribution in [0.25, 0.3) is 0 Å². The number of rotatable bonds is 4. The summed E-state index contributed by atoms with van der Waals surface area (Å²) in [5, 5.41) is 3.61. The lowest BCUT2D eigenvalue weighted by Crippen LogP contribution is -2.39. The number of sulfone groups is 1. The predicted octanol–water partition coefficient (Wildman–Crippen LogP) is 2.61. The van der Waals surface area contributed by atoms with Crippen LogP contribution in [0.4, 0.5) is 0 Å². The van der Waals surface area contributed by atoms with Gasteiger partial charge in [0.05, 0.1) is 11.5 Å². The highest BCUT2D eigenvalue weighted by Crippen LogP contribution is 2.21. The van der Waals surface area contributed by atoms with Gasteiger partial charge >= 0.3 is 0 Å². The molecular weight excluding hydrogens is 258 g/mol. The predicted molar refractivity (Wildman–Crippen MR) is 79.0 cm³/mol. The Bertz CT molecular complexity index is 493. The van der Waals surface area contributed by atoms with Crippen molar-refractivity contribution in [3.8, 4) is 0 Å². The van der Waals surface area contributed by atoms with Gasteiger partial charge in [0.2, 0.25) is 0 Å². The largest absolute Gasteiger partial charge is 0.307 e. The van der Waals surface area contributed by atoms with Crippen LogP contribution in [0.15, 0.2) is 24.3 Å². The molecule has 0 radical (unpaired) electrons. The first-order valence-corrected chi connectivity index (χ1v) is 8.85. The molecule has 3 nitrogen and oxygen atoms in total. The first-order chi connectivity index (χ1) is 9.00. The van der Waals surface area contributed by atoms with E-state index in [4.69, 9.17) is 0 Å². The third kappa shape index (κ3) is 4.05. The molecule has 1 aliphatic rings. The first-order valence-electron chi connectivity index (χ1n) is 7.03. The maximum Gasteiger partial charge on any atom is 0.150 e. The molecule has 1 fully saturated rings. The summed E-state index contributed by atoms with van der Waals surface area (Å²) in [5.41, 5.74) is 2.56. The molecule has 1 saturated heterocycles. The van der Waals surface area contributed by atoms with Crippen LogP contribution in [-0.2, 0) is 9.84 Å². The van der Waals surface area contributed by atoms with E-state index in [2.05, 4.69) is 43.4 Å². The van der Waals surface area contributed by atoms with Crippen molar-refractivity contribution in [2.45, 2.75) is 45.2 Å². The molecule has 2 rings (SSSR count). The van der Waals surface area contributed by atoms with Crippen molar-refractivity contribution in [3.63, 3.8) is 0 Å². The normalized spacial score (nSPS) is 21.2. The van der Waals surface area contributed by atoms with Gasteiger partial charge in [0.25, 0.3) is 0 Å². The van der Waals surface area contributed by atoms with E-state index in [9.17, 15) is 8.42 Å². The zero-order valence-electron chi connectivity index (χ0n) is 11.7. The van der Waals surface area contributed by atoms with E-state index in [1.54, 1.807) is 0 Å². The van der Waals surface area contributed by atoms with E-state index in [0.717, 1.165) is 19.3 Å². The Morgan fingerprint density at radius 3 is 2.32 bits per heavy atom. The summed E-state index contributed by atoms with van der Waals surface area (Å²) in [6.07, 6.45) is 2.50. The molecule has 1 aromatic carbocycles. The number of hydrogen-bond donors (Lipinski definition) is 1. The van der Waals surface area contributed by atoms with Gasteiger partial charge in [-0.05, 0) is 31.7 Å². The van der Waals surface area contributed by atoms with Gasteiger partial charge in [0.15, 0.2) is 0 Å². The summed E-state index contributed by atoms with van der Waals surface area (Å²) in [6, 6.07) is 9.24. The van der Waals surface area contributed by atoms with Crippen LogP contribution >= 0.6 is 0 Å². The van der Waals surface area contributed by atoms with E-state index in [1.165, 1.54) is 11.1 Å². The molecule has 1 N–H and O–H groups in total. The second-order valence-corrected chi connectivity index (χ2v) is 7.77. The van der Waals surface area contributed by atoms with Gasteiger partial charge in [0, 0.05) is 12.1 Å². The standard InChI is InChI=1S/C15H23NO2S/c1-3-15(13-6-4-12(2)5-7-13)16-14-8-10-19(17,18)11-9-14/h4-7,14-16H,3,8-11H2,1-2H3. The van der Waals surface area contributed by atoms with Crippen LogP contribution in [0.2, 0.25) is 0 Å². The monoisotopic (exact) mass is 281 g/mol. The van der Waals surface area contributed by atoms with Crippen LogP contribution < -0.4 is 5.32 Å². The van der Waals surface area contributed by atoms with Crippen molar-refractivity contribution in [1.29, 1.82) is 0 Å². The SMILES string of the molecule is CCC(NC1CCS(=O)(=O)CC1)c1ccc(C)cc1. The molecule has 0 saturated carbocycles. The van der Waals surface area contributed by atoms with Crippen LogP contribution in [-0.4, -0.2) is 26.0 Å². The second kappa shape index (κ2) is 6.06. The average Bonchev–Trinajstić information content (AvgIpc) is 2.39. The van der Waals surface area contributed by atoms with Gasteiger partial charge < -0.3 is 5.32 Å². The highest BCUT2D eigenvalue weighted by Gasteiger charge is 2.25. The van der Waals surface area contributed by atoms with E-state index in [0.29, 0.717) is 23.6 Å². The number of nitrogens with one attached hydrogen (secondary N) is 1. The molecule has 1 atom stereocenters. The number of hydrogen-bond acceptors (Lipinski definition) is 3. The third-order valence-corrected chi connectivity index (χ3v) is 5.59. The van der Waals surface area contributed by atoms with Crippen molar-refractivity contribution in [2.75, 3.05) is 11.5 Å². The fraction of sp³-hybridized carbons (Fsp3) is 0.600. The van der Waals surface area contributed by atoms with Gasteiger partial charge in [0.1, 0.15) is 9.84 Å². The van der Waals surface area contributed by atoms with Crippen molar-refractivity contribution < 1.29 is 8.42 Å². The van der Waals surface area contributed by atoms with Crippen molar-refractivity contribution in [1.82, 2.24) is 5.32 Å². The van der Waals surface area contributed by atoms with E-state index < -0.39 is 9.84 Å². The average molecular weight is 281 g/mol. The van der Waals surface area contributed by atoms with Crippen molar-refractivity contribution in [3.05, 3.63) is 35.4 Å². The molecule has 19 heavy (non-hydrogen) atoms. The minimum Gasteiger partial charge on any atom is -0.307 e. The quantitative estimate of drug-likeness (QED) is 0.923. The van der Waals surface area contributed by atoms with Crippen LogP contribution in [0, 0.1) is 6.92 Å². The molecule has 0 spiro atoms. The molecule has 0 aromatic heterocycles. The third-order valence-electron chi connectivity index (χ3n) is 3.88. The van der Waals surface area contributed by atoms with E-state index in [1.807, 2.05) is 0 Å². The highest BCUT2D eigenvalue weighted by atomic mass is 32.2. The lowest BCUT2D eigenvalue weighted by atomic mass is 10.0. The lowest BCUT2D eigenvalue weighted by molar-refractivity contribution is 0.398. The van der Waals surface area contributed by atoms with Crippen molar-refractivity contribution >= 4 is 9.84 Å². The topological polar surface area (TPSA) is 46.2 Å². The molecule has 1 unspecified atom stereocenters. The highest BCUT2D eigenvalue weighted by molar-refractivity contribution is 7.91. The van der Waals surface area contributed by atoms with Gasteiger partial charge in [-0.3, -0.25) is 0 Å². The molecule has 4 heteroatoms. The minimum absolute atomic E-state index is 0.325. The fourth-order valence-electron chi connectivity index (χ4n) is 2.59. The summed E-state index contributed by atoms with van der Waals surface area (Å²) >= 11 is 0. The van der Waals surface area contributed by atoms with Crippen LogP contribution in [0.1, 0.15) is 43.4 Å². The molecule has 1 aliphatic heterocycles. The Hall–Kier alpha value is -0.870. The molecule has 0 amide bonds. The Labute approximate surface area is 116 Å². The van der Waals surface area contributed by atoms with Crippen molar-refractivity contribution in [2.24, 2.45) is 0 Å². The van der Waals surface area contributed by atoms with Crippen LogP contribution in [0.5, 0.6) is 0 Å². The first kappa shape index (κ1) is 14.5. The van der Waals surface area contributed by atoms with Gasteiger partial charge in [-0.2, -0.15) is 0 Å². The molecule has 1 heterocycles. The van der Waals surface area contributed by atoms with Gasteiger partial charge in [-0.1, -0.05) is 36.8 Å². The second-order valence-electron chi connectivity index (χ2n) is 5.46. The smallest absolute Gasteiger partial charge is 0.150 e. The summed E-state index contributed by atoms with van der Waals surface area (Å²) < 4.78 is 22.9. The Morgan fingerprint density at radius 1 is 1.21 bits per heavy atom. The number of aryl methyl sites for hydroxylation is 1.